The molecule has 0 unspecified atom stereocenters. The highest BCUT2D eigenvalue weighted by Gasteiger charge is 2.31. The van der Waals surface area contributed by atoms with Crippen molar-refractivity contribution in [3.05, 3.63) is 71.8 Å². The predicted octanol–water partition coefficient (Wildman–Crippen LogP) is 2.27. The molecule has 0 aliphatic heterocycles. The first-order valence-electron chi connectivity index (χ1n) is 10.7. The first-order valence-corrected chi connectivity index (χ1v) is 10.7. The zero-order chi connectivity index (χ0) is 27.2. The Kier molecular flexibility index (Phi) is 11.5. The Morgan fingerprint density at radius 3 is 0.944 bits per heavy atom. The van der Waals surface area contributed by atoms with Crippen LogP contribution >= 0.6 is 0 Å². The molecule has 0 atom stereocenters. The maximum Gasteiger partial charge on any atom is 0.404 e. The number of hydrogen-bond acceptors (Lipinski definition) is 8. The van der Waals surface area contributed by atoms with Crippen LogP contribution in [0.25, 0.3) is 0 Å². The Morgan fingerprint density at radius 2 is 0.750 bits per heavy atom. The minimum Gasteiger partial charge on any atom is -0.449 e. The van der Waals surface area contributed by atoms with Crippen LogP contribution in [0.1, 0.15) is 25.0 Å². The molecule has 2 aromatic carbocycles. The number of hydrogen-bond donors (Lipinski definition) is 4. The number of benzene rings is 2. The first-order chi connectivity index (χ1) is 16.9. The fourth-order valence-electron chi connectivity index (χ4n) is 3.02. The third-order valence-electron chi connectivity index (χ3n) is 5.07. The summed E-state index contributed by atoms with van der Waals surface area (Å²) in [5.74, 6) is 0. The van der Waals surface area contributed by atoms with Gasteiger partial charge >= 0.3 is 24.4 Å². The Labute approximate surface area is 208 Å². The molecule has 0 spiro atoms. The molecule has 0 radical (unpaired) electrons. The van der Waals surface area contributed by atoms with Gasteiger partial charge in [-0.3, -0.25) is 0 Å². The fraction of sp³-hybridized carbons (Fsp3) is 0.333. The molecule has 0 aromatic heterocycles. The van der Waals surface area contributed by atoms with E-state index in [1.165, 1.54) is 0 Å². The highest BCUT2D eigenvalue weighted by Crippen LogP contribution is 2.25. The quantitative estimate of drug-likeness (QED) is 0.352. The van der Waals surface area contributed by atoms with Gasteiger partial charge in [-0.2, -0.15) is 0 Å². The average Bonchev–Trinajstić information content (AvgIpc) is 2.85. The summed E-state index contributed by atoms with van der Waals surface area (Å²) in [6.07, 6.45) is -3.51. The van der Waals surface area contributed by atoms with E-state index in [-0.39, 0.29) is 26.4 Å². The third-order valence-corrected chi connectivity index (χ3v) is 5.07. The van der Waals surface area contributed by atoms with Crippen LogP contribution in [-0.2, 0) is 29.8 Å². The number of amides is 4. The van der Waals surface area contributed by atoms with Crippen molar-refractivity contribution in [1.82, 2.24) is 0 Å². The molecule has 0 aliphatic carbocycles. The minimum atomic E-state index is -0.878. The highest BCUT2D eigenvalue weighted by molar-refractivity contribution is 5.66. The van der Waals surface area contributed by atoms with Crippen LogP contribution in [0.5, 0.6) is 0 Å². The molecule has 12 nitrogen and oxygen atoms in total. The molecule has 36 heavy (non-hydrogen) atoms. The summed E-state index contributed by atoms with van der Waals surface area (Å²) >= 11 is 0. The monoisotopic (exact) mass is 504 g/mol. The van der Waals surface area contributed by atoms with Crippen LogP contribution in [0, 0.1) is 0 Å². The summed E-state index contributed by atoms with van der Waals surface area (Å²) in [5, 5.41) is 0. The van der Waals surface area contributed by atoms with E-state index in [4.69, 9.17) is 41.9 Å². The molecule has 0 saturated heterocycles. The maximum absolute atomic E-state index is 10.7. The molecule has 0 fully saturated rings. The van der Waals surface area contributed by atoms with Gasteiger partial charge in [0.15, 0.2) is 0 Å². The van der Waals surface area contributed by atoms with Crippen molar-refractivity contribution < 1.29 is 38.1 Å². The second kappa shape index (κ2) is 14.0. The van der Waals surface area contributed by atoms with Gasteiger partial charge < -0.3 is 41.9 Å². The van der Waals surface area contributed by atoms with E-state index in [1.54, 1.807) is 13.8 Å². The maximum atomic E-state index is 10.7. The summed E-state index contributed by atoms with van der Waals surface area (Å²) < 4.78 is 19.2. The number of rotatable bonds is 10. The van der Waals surface area contributed by atoms with Gasteiger partial charge in [-0.15, -0.1) is 0 Å². The molecule has 4 amide bonds. The average molecular weight is 505 g/mol. The van der Waals surface area contributed by atoms with Gasteiger partial charge in [0.1, 0.15) is 26.4 Å². The lowest BCUT2D eigenvalue weighted by atomic mass is 9.84. The lowest BCUT2D eigenvalue weighted by Gasteiger charge is -2.28. The van der Waals surface area contributed by atoms with Gasteiger partial charge in [-0.25, -0.2) is 19.2 Å². The highest BCUT2D eigenvalue weighted by atomic mass is 16.6. The zero-order valence-electron chi connectivity index (χ0n) is 20.2. The van der Waals surface area contributed by atoms with E-state index < -0.39 is 35.2 Å². The summed E-state index contributed by atoms with van der Waals surface area (Å²) in [6, 6.07) is 18.4. The summed E-state index contributed by atoms with van der Waals surface area (Å²) in [6.45, 7) is 3.57. The van der Waals surface area contributed by atoms with Crippen molar-refractivity contribution in [2.75, 3.05) is 26.4 Å². The summed E-state index contributed by atoms with van der Waals surface area (Å²) in [4.78, 5) is 42.7. The molecular formula is C24H32N4O8. The lowest BCUT2D eigenvalue weighted by Crippen LogP contribution is -2.37. The molecular weight excluding hydrogens is 472 g/mol. The standard InChI is InChI=1S/2C12H16N2O4/c2*1-12(7-17-10(13)15,8-18-11(14)16)9-5-3-2-4-6-9/h2*2-6H,7-8H2,1H3,(H2,13,15)(H2,14,16). The largest absolute Gasteiger partial charge is 0.449 e. The Balaban J connectivity index is 0.000000360. The fourth-order valence-corrected chi connectivity index (χ4v) is 3.02. The molecule has 196 valence electrons. The zero-order valence-corrected chi connectivity index (χ0v) is 20.2. The lowest BCUT2D eigenvalue weighted by molar-refractivity contribution is 0.0807. The van der Waals surface area contributed by atoms with Crippen LogP contribution in [0.2, 0.25) is 0 Å². The molecule has 8 N–H and O–H groups in total. The number of ether oxygens (including phenoxy) is 4. The van der Waals surface area contributed by atoms with Crippen LogP contribution in [0.15, 0.2) is 60.7 Å². The smallest absolute Gasteiger partial charge is 0.404 e. The van der Waals surface area contributed by atoms with Gasteiger partial charge in [0.05, 0.1) is 10.8 Å². The van der Waals surface area contributed by atoms with E-state index in [1.807, 2.05) is 60.7 Å². The Morgan fingerprint density at radius 1 is 0.528 bits per heavy atom. The number of carbonyl (C=O) groups excluding carboxylic acids is 4. The van der Waals surface area contributed by atoms with Crippen molar-refractivity contribution in [3.63, 3.8) is 0 Å². The minimum absolute atomic E-state index is 0.000370. The van der Waals surface area contributed by atoms with E-state index >= 15 is 0 Å². The topological polar surface area (TPSA) is 209 Å². The van der Waals surface area contributed by atoms with Crippen LogP contribution in [0.4, 0.5) is 19.2 Å². The molecule has 0 heterocycles. The molecule has 12 heteroatoms. The SMILES string of the molecule is CC(COC(N)=O)(COC(N)=O)c1ccccc1.CC(COC(N)=O)(COC(N)=O)c1ccccc1. The van der Waals surface area contributed by atoms with E-state index in [0.29, 0.717) is 0 Å². The van der Waals surface area contributed by atoms with Crippen molar-refractivity contribution in [2.45, 2.75) is 24.7 Å². The Hall–Kier alpha value is -4.48. The van der Waals surface area contributed by atoms with Gasteiger partial charge in [0.2, 0.25) is 0 Å². The molecule has 2 aromatic rings. The van der Waals surface area contributed by atoms with E-state index in [2.05, 4.69) is 0 Å². The summed E-state index contributed by atoms with van der Waals surface area (Å²) in [5.41, 5.74) is 20.1. The van der Waals surface area contributed by atoms with Crippen LogP contribution in [0.3, 0.4) is 0 Å². The number of primary amides is 4. The molecule has 0 aliphatic rings. The van der Waals surface area contributed by atoms with Gasteiger partial charge in [0.25, 0.3) is 0 Å². The van der Waals surface area contributed by atoms with E-state index in [0.717, 1.165) is 11.1 Å². The number of nitrogens with two attached hydrogens (primary N) is 4. The summed E-state index contributed by atoms with van der Waals surface area (Å²) in [7, 11) is 0. The van der Waals surface area contributed by atoms with Crippen LogP contribution < -0.4 is 22.9 Å². The molecule has 2 rings (SSSR count). The third kappa shape index (κ3) is 10.6. The van der Waals surface area contributed by atoms with Crippen molar-refractivity contribution in [1.29, 1.82) is 0 Å². The predicted molar refractivity (Wildman–Crippen MR) is 130 cm³/mol. The van der Waals surface area contributed by atoms with Gasteiger partial charge in [-0.05, 0) is 25.0 Å². The molecule has 0 bridgehead atoms. The van der Waals surface area contributed by atoms with Crippen LogP contribution in [-0.4, -0.2) is 50.8 Å². The molecule has 0 saturated carbocycles. The Bertz CT molecular complexity index is 884. The normalized spacial score (nSPS) is 10.7. The van der Waals surface area contributed by atoms with Crippen molar-refractivity contribution >= 4 is 24.4 Å². The van der Waals surface area contributed by atoms with Crippen molar-refractivity contribution in [2.24, 2.45) is 22.9 Å². The van der Waals surface area contributed by atoms with Crippen molar-refractivity contribution in [3.8, 4) is 0 Å². The first kappa shape index (κ1) is 29.6. The second-order valence-electron chi connectivity index (χ2n) is 8.28. The second-order valence-corrected chi connectivity index (χ2v) is 8.28. The van der Waals surface area contributed by atoms with Gasteiger partial charge in [0, 0.05) is 0 Å². The number of carbonyl (C=O) groups is 4. The van der Waals surface area contributed by atoms with Gasteiger partial charge in [-0.1, -0.05) is 60.7 Å². The van der Waals surface area contributed by atoms with E-state index in [9.17, 15) is 19.2 Å².